The number of carbonyl (C=O) groups is 3. The normalized spacial score (nSPS) is 42.1. The zero-order valence-corrected chi connectivity index (χ0v) is 29.7. The van der Waals surface area contributed by atoms with Crippen LogP contribution in [0.1, 0.15) is 68.6 Å². The lowest BCUT2D eigenvalue weighted by molar-refractivity contribution is -0.155. The number of Topliss-reactive ketones (excluding diaryl/α,β-unsaturated/α-hetero) is 2. The average molecular weight is 709 g/mol. The van der Waals surface area contributed by atoms with Crippen molar-refractivity contribution in [1.29, 1.82) is 0 Å². The molecule has 3 saturated heterocycles. The Morgan fingerprint density at radius 2 is 1.69 bits per heavy atom. The van der Waals surface area contributed by atoms with Crippen LogP contribution in [0.5, 0.6) is 17.2 Å². The summed E-state index contributed by atoms with van der Waals surface area (Å²) in [5.41, 5.74) is 0.723. The summed E-state index contributed by atoms with van der Waals surface area (Å²) in [6, 6.07) is 7.47. The fourth-order valence-electron chi connectivity index (χ4n) is 11.1. The Morgan fingerprint density at radius 1 is 0.962 bits per heavy atom. The number of aliphatic hydroxyl groups is 1. The van der Waals surface area contributed by atoms with Crippen LogP contribution in [0.25, 0.3) is 10.9 Å². The molecule has 11 heteroatoms. The van der Waals surface area contributed by atoms with Gasteiger partial charge in [-0.25, -0.2) is 0 Å². The number of rotatable bonds is 2. The number of epoxide rings is 1. The van der Waals surface area contributed by atoms with Crippen molar-refractivity contribution >= 4 is 28.4 Å². The van der Waals surface area contributed by atoms with E-state index in [0.29, 0.717) is 24.0 Å². The zero-order chi connectivity index (χ0) is 36.8. The zero-order valence-electron chi connectivity index (χ0n) is 29.7. The van der Waals surface area contributed by atoms with E-state index in [9.17, 15) is 25.2 Å². The Hall–Kier alpha value is -4.45. The first-order chi connectivity index (χ1) is 24.7. The van der Waals surface area contributed by atoms with Crippen molar-refractivity contribution in [2.45, 2.75) is 83.5 Å². The topological polar surface area (TPSA) is 182 Å². The second-order valence-corrected chi connectivity index (χ2v) is 16.3. The lowest BCUT2D eigenvalue weighted by Crippen LogP contribution is -2.61. The molecule has 11 nitrogen and oxygen atoms in total. The van der Waals surface area contributed by atoms with Crippen LogP contribution in [0.3, 0.4) is 0 Å². The molecule has 52 heavy (non-hydrogen) atoms. The maximum atomic E-state index is 16.0. The van der Waals surface area contributed by atoms with Crippen LogP contribution in [-0.2, 0) is 30.3 Å². The number of allylic oxidation sites excluding steroid dienone is 2. The highest BCUT2D eigenvalue weighted by atomic mass is 16.6. The predicted molar refractivity (Wildman–Crippen MR) is 188 cm³/mol. The molecule has 7 unspecified atom stereocenters. The van der Waals surface area contributed by atoms with Gasteiger partial charge in [-0.15, -0.1) is 0 Å². The van der Waals surface area contributed by atoms with Crippen molar-refractivity contribution in [3.8, 4) is 17.2 Å². The summed E-state index contributed by atoms with van der Waals surface area (Å²) >= 11 is 0. The van der Waals surface area contributed by atoms with Gasteiger partial charge in [-0.1, -0.05) is 50.3 Å². The minimum Gasteiger partial charge on any atom is -0.504 e. The number of aromatic amines is 1. The first-order valence-electron chi connectivity index (χ1n) is 18.3. The molecule has 5 heterocycles. The molecule has 2 bridgehead atoms. The van der Waals surface area contributed by atoms with Crippen LogP contribution >= 0.6 is 0 Å². The summed E-state index contributed by atoms with van der Waals surface area (Å²) in [5, 5.41) is 48.6. The number of ketones is 2. The molecule has 13 atom stereocenters. The molecule has 0 radical (unpaired) electrons. The Labute approximate surface area is 300 Å². The van der Waals surface area contributed by atoms with Gasteiger partial charge in [0.2, 0.25) is 11.7 Å². The van der Waals surface area contributed by atoms with E-state index in [1.807, 2.05) is 69.5 Å². The number of para-hydroxylation sites is 1. The number of phenols is 3. The van der Waals surface area contributed by atoms with E-state index in [1.54, 1.807) is 13.8 Å². The SMILES string of the molecule is C/C1=C/C(C)C/C=C/[C@H]2C3O[C@]3(C)[C@@H](C)[C@H]3[C@H](Cc4c[nH]c5ccccc45)NC(=O)[C@]32C(=O)C2C3OC(c4c(C)c(O)c(O)c(O)c43)C2C(=O)C1O. The lowest BCUT2D eigenvalue weighted by Gasteiger charge is -2.48. The molecule has 272 valence electrons. The smallest absolute Gasteiger partial charge is 0.235 e. The summed E-state index contributed by atoms with van der Waals surface area (Å²) in [7, 11) is 0. The summed E-state index contributed by atoms with van der Waals surface area (Å²) in [5.74, 6) is -7.63. The largest absolute Gasteiger partial charge is 0.504 e. The molecular weight excluding hydrogens is 664 g/mol. The minimum atomic E-state index is -1.70. The van der Waals surface area contributed by atoms with Gasteiger partial charge in [0.1, 0.15) is 11.5 Å². The number of amides is 1. The third-order valence-corrected chi connectivity index (χ3v) is 13.7. The third kappa shape index (κ3) is 4.10. The van der Waals surface area contributed by atoms with E-state index in [4.69, 9.17) is 9.47 Å². The molecule has 6 aliphatic rings. The number of fused-ring (bicyclic) bond motifs is 11. The van der Waals surface area contributed by atoms with Gasteiger partial charge in [-0.3, -0.25) is 14.4 Å². The van der Waals surface area contributed by atoms with Gasteiger partial charge in [0.05, 0.1) is 35.7 Å². The van der Waals surface area contributed by atoms with E-state index < -0.39 is 99.9 Å². The van der Waals surface area contributed by atoms with Crippen molar-refractivity contribution in [3.63, 3.8) is 0 Å². The fourth-order valence-corrected chi connectivity index (χ4v) is 11.1. The highest BCUT2D eigenvalue weighted by molar-refractivity contribution is 6.12. The molecule has 1 saturated carbocycles. The van der Waals surface area contributed by atoms with Crippen molar-refractivity contribution < 1.29 is 44.3 Å². The first-order valence-corrected chi connectivity index (χ1v) is 18.3. The maximum absolute atomic E-state index is 16.0. The Kier molecular flexibility index (Phi) is 7.09. The molecule has 2 aromatic carbocycles. The number of H-pyrrole nitrogens is 1. The Bertz CT molecular complexity index is 2150. The highest BCUT2D eigenvalue weighted by Crippen LogP contribution is 2.70. The van der Waals surface area contributed by atoms with Crippen molar-refractivity contribution in [2.75, 3.05) is 0 Å². The van der Waals surface area contributed by atoms with Gasteiger partial charge in [0.15, 0.2) is 23.1 Å². The van der Waals surface area contributed by atoms with E-state index in [0.717, 1.165) is 16.5 Å². The van der Waals surface area contributed by atoms with E-state index in [2.05, 4.69) is 10.3 Å². The van der Waals surface area contributed by atoms with Crippen LogP contribution in [0, 0.1) is 47.8 Å². The summed E-state index contributed by atoms with van der Waals surface area (Å²) in [6.07, 6.45) is 4.36. The minimum absolute atomic E-state index is 0.0742. The molecule has 2 aliphatic carbocycles. The number of hydrogen-bond donors (Lipinski definition) is 6. The first kappa shape index (κ1) is 33.4. The van der Waals surface area contributed by atoms with Gasteiger partial charge in [0, 0.05) is 46.1 Å². The second kappa shape index (κ2) is 11.0. The Balaban J connectivity index is 1.26. The lowest BCUT2D eigenvalue weighted by atomic mass is 9.49. The van der Waals surface area contributed by atoms with E-state index >= 15 is 9.59 Å². The summed E-state index contributed by atoms with van der Waals surface area (Å²) in [6.45, 7) is 9.29. The maximum Gasteiger partial charge on any atom is 0.235 e. The fraction of sp³-hybridized carbons (Fsp3) is 0.488. The number of nitrogens with one attached hydrogen (secondary N) is 2. The summed E-state index contributed by atoms with van der Waals surface area (Å²) < 4.78 is 13.0. The number of hydrogen-bond acceptors (Lipinski definition) is 9. The predicted octanol–water partition coefficient (Wildman–Crippen LogP) is 4.76. The van der Waals surface area contributed by atoms with Gasteiger partial charge in [-0.05, 0) is 68.2 Å². The van der Waals surface area contributed by atoms with Gasteiger partial charge in [0.25, 0.3) is 0 Å². The molecular formula is C41H44N2O9. The third-order valence-electron chi connectivity index (χ3n) is 13.7. The monoisotopic (exact) mass is 708 g/mol. The van der Waals surface area contributed by atoms with Crippen LogP contribution in [0.15, 0.2) is 54.3 Å². The molecule has 4 fully saturated rings. The van der Waals surface area contributed by atoms with Crippen LogP contribution in [-0.4, -0.2) is 66.7 Å². The second-order valence-electron chi connectivity index (χ2n) is 16.3. The molecule has 6 N–H and O–H groups in total. The van der Waals surface area contributed by atoms with Gasteiger partial charge >= 0.3 is 0 Å². The number of aromatic nitrogens is 1. The number of benzene rings is 2. The summed E-state index contributed by atoms with van der Waals surface area (Å²) in [4.78, 5) is 49.0. The number of aromatic hydroxyl groups is 3. The molecule has 3 aromatic rings. The van der Waals surface area contributed by atoms with Crippen LogP contribution < -0.4 is 5.32 Å². The number of ether oxygens (including phenoxy) is 2. The number of aliphatic hydroxyl groups excluding tert-OH is 1. The van der Waals surface area contributed by atoms with Gasteiger partial charge < -0.3 is 40.2 Å². The average Bonchev–Trinajstić information content (AvgIpc) is 3.48. The molecule has 4 aliphatic heterocycles. The molecule has 1 spiro atoms. The quantitative estimate of drug-likeness (QED) is 0.0947. The van der Waals surface area contributed by atoms with E-state index in [1.165, 1.54) is 0 Å². The Morgan fingerprint density at radius 3 is 2.46 bits per heavy atom. The van der Waals surface area contributed by atoms with Gasteiger partial charge in [-0.2, -0.15) is 0 Å². The number of carbonyl (C=O) groups excluding carboxylic acids is 3. The molecule has 1 amide bonds. The highest BCUT2D eigenvalue weighted by Gasteiger charge is 2.80. The van der Waals surface area contributed by atoms with Crippen molar-refractivity contribution in [3.05, 3.63) is 76.5 Å². The van der Waals surface area contributed by atoms with Crippen molar-refractivity contribution in [1.82, 2.24) is 10.3 Å². The molecule has 9 rings (SSSR count). The van der Waals surface area contributed by atoms with E-state index in [-0.39, 0.29) is 23.0 Å². The standard InChI is InChI=1S/C41H44N2O9/c1-16-9-8-11-22-38-40(5,52-38)19(4)29-24(14-20-15-42-23-12-7-6-10-21(20)23)43-39(50)41(22,29)37(49)28-27(32(46)30(44)17(2)13-16)35-25-18(3)31(45)34(48)33(47)26(25)36(28)51-35/h6-8,10-13,15-16,19,22,24,27-30,35-36,38,42,44-45,47-48H,9,14H2,1-5H3,(H,43,50)/b11-8+,17-13-/t16?,19-,22-,24-,27?,28?,29-,30?,35?,36?,38?,40+,41-/m0/s1. The molecule has 1 aromatic heterocycles. The van der Waals surface area contributed by atoms with Crippen LogP contribution in [0.4, 0.5) is 0 Å². The number of phenolic OH excluding ortho intramolecular Hbond substituents is 3. The van der Waals surface area contributed by atoms with Crippen molar-refractivity contribution in [2.24, 2.45) is 40.9 Å². The van der Waals surface area contributed by atoms with Crippen LogP contribution in [0.2, 0.25) is 0 Å².